The third-order valence-corrected chi connectivity index (χ3v) is 2.74. The third kappa shape index (κ3) is 1.14. The molecule has 1 aliphatic heterocycles. The monoisotopic (exact) mass is 194 g/mol. The van der Waals surface area contributed by atoms with Crippen LogP contribution in [0.2, 0.25) is 0 Å². The van der Waals surface area contributed by atoms with Gasteiger partial charge >= 0.3 is 0 Å². The lowest BCUT2D eigenvalue weighted by atomic mass is 10.1. The number of rotatable bonds is 2. The van der Waals surface area contributed by atoms with Gasteiger partial charge in [0.1, 0.15) is 5.76 Å². The zero-order valence-corrected chi connectivity index (χ0v) is 8.41. The fourth-order valence-electron chi connectivity index (χ4n) is 1.96. The van der Waals surface area contributed by atoms with E-state index in [1.807, 2.05) is 26.0 Å². The number of hydrogen-bond donors (Lipinski definition) is 1. The Labute approximate surface area is 82.9 Å². The van der Waals surface area contributed by atoms with Gasteiger partial charge in [-0.05, 0) is 26.0 Å². The molecule has 1 N–H and O–H groups in total. The van der Waals surface area contributed by atoms with Crippen molar-refractivity contribution in [1.82, 2.24) is 10.2 Å². The van der Waals surface area contributed by atoms with Crippen LogP contribution in [0.5, 0.6) is 0 Å². The van der Waals surface area contributed by atoms with E-state index in [0.717, 1.165) is 5.76 Å². The number of carbonyl (C=O) groups is 1. The Morgan fingerprint density at radius 1 is 1.71 bits per heavy atom. The second-order valence-electron chi connectivity index (χ2n) is 3.54. The van der Waals surface area contributed by atoms with E-state index < -0.39 is 5.66 Å². The number of nitrogens with one attached hydrogen (secondary N) is 1. The molecule has 0 saturated carbocycles. The SMILES string of the molecule is CCN1C(=O)CNC1(C)c1ccco1. The van der Waals surface area contributed by atoms with E-state index in [4.69, 9.17) is 4.42 Å². The summed E-state index contributed by atoms with van der Waals surface area (Å²) in [4.78, 5) is 13.3. The first-order valence-electron chi connectivity index (χ1n) is 4.78. The highest BCUT2D eigenvalue weighted by Gasteiger charge is 2.43. The number of hydrogen-bond acceptors (Lipinski definition) is 3. The predicted octanol–water partition coefficient (Wildman–Crippen LogP) is 0.904. The van der Waals surface area contributed by atoms with E-state index in [9.17, 15) is 4.79 Å². The maximum atomic E-state index is 11.5. The summed E-state index contributed by atoms with van der Waals surface area (Å²) in [6, 6.07) is 3.72. The van der Waals surface area contributed by atoms with Gasteiger partial charge in [0.15, 0.2) is 5.66 Å². The minimum atomic E-state index is -0.477. The van der Waals surface area contributed by atoms with Crippen LogP contribution in [0.4, 0.5) is 0 Å². The van der Waals surface area contributed by atoms with Crippen LogP contribution in [0, 0.1) is 0 Å². The molecule has 0 aliphatic carbocycles. The second-order valence-corrected chi connectivity index (χ2v) is 3.54. The molecule has 14 heavy (non-hydrogen) atoms. The van der Waals surface area contributed by atoms with Crippen LogP contribution in [-0.4, -0.2) is 23.9 Å². The molecular weight excluding hydrogens is 180 g/mol. The smallest absolute Gasteiger partial charge is 0.238 e. The second kappa shape index (κ2) is 3.13. The van der Waals surface area contributed by atoms with E-state index in [-0.39, 0.29) is 5.91 Å². The van der Waals surface area contributed by atoms with Gasteiger partial charge in [-0.1, -0.05) is 0 Å². The van der Waals surface area contributed by atoms with Crippen LogP contribution in [-0.2, 0) is 10.5 Å². The van der Waals surface area contributed by atoms with Gasteiger partial charge in [-0.25, -0.2) is 0 Å². The summed E-state index contributed by atoms with van der Waals surface area (Å²) in [5, 5.41) is 3.17. The normalized spacial score (nSPS) is 27.3. The fraction of sp³-hybridized carbons (Fsp3) is 0.500. The Hall–Kier alpha value is -1.29. The van der Waals surface area contributed by atoms with Crippen molar-refractivity contribution in [3.05, 3.63) is 24.2 Å². The summed E-state index contributed by atoms with van der Waals surface area (Å²) in [6.45, 7) is 4.99. The van der Waals surface area contributed by atoms with Gasteiger partial charge < -0.3 is 9.32 Å². The van der Waals surface area contributed by atoms with Crippen molar-refractivity contribution in [2.45, 2.75) is 19.5 Å². The van der Waals surface area contributed by atoms with Gasteiger partial charge in [0.2, 0.25) is 5.91 Å². The highest BCUT2D eigenvalue weighted by Crippen LogP contribution is 2.29. The van der Waals surface area contributed by atoms with Crippen molar-refractivity contribution in [3.63, 3.8) is 0 Å². The van der Waals surface area contributed by atoms with Gasteiger partial charge in [-0.3, -0.25) is 10.1 Å². The van der Waals surface area contributed by atoms with Crippen LogP contribution in [0.25, 0.3) is 0 Å². The highest BCUT2D eigenvalue weighted by atomic mass is 16.3. The minimum absolute atomic E-state index is 0.117. The van der Waals surface area contributed by atoms with Crippen molar-refractivity contribution < 1.29 is 9.21 Å². The number of nitrogens with zero attached hydrogens (tertiary/aromatic N) is 1. The lowest BCUT2D eigenvalue weighted by Gasteiger charge is -2.32. The molecule has 2 heterocycles. The molecule has 0 radical (unpaired) electrons. The average molecular weight is 194 g/mol. The van der Waals surface area contributed by atoms with Crippen molar-refractivity contribution in [2.75, 3.05) is 13.1 Å². The van der Waals surface area contributed by atoms with Crippen LogP contribution >= 0.6 is 0 Å². The largest absolute Gasteiger partial charge is 0.465 e. The summed E-state index contributed by atoms with van der Waals surface area (Å²) in [5.41, 5.74) is -0.477. The topological polar surface area (TPSA) is 45.5 Å². The van der Waals surface area contributed by atoms with Gasteiger partial charge in [-0.15, -0.1) is 0 Å². The summed E-state index contributed by atoms with van der Waals surface area (Å²) >= 11 is 0. The van der Waals surface area contributed by atoms with Gasteiger partial charge in [-0.2, -0.15) is 0 Å². The van der Waals surface area contributed by atoms with Crippen LogP contribution in [0.1, 0.15) is 19.6 Å². The summed E-state index contributed by atoms with van der Waals surface area (Å²) < 4.78 is 5.34. The Morgan fingerprint density at radius 3 is 3.07 bits per heavy atom. The van der Waals surface area contributed by atoms with Crippen LogP contribution in [0.15, 0.2) is 22.8 Å². The van der Waals surface area contributed by atoms with E-state index >= 15 is 0 Å². The maximum absolute atomic E-state index is 11.5. The molecule has 4 nitrogen and oxygen atoms in total. The number of furan rings is 1. The molecule has 1 unspecified atom stereocenters. The first-order chi connectivity index (χ1) is 6.68. The van der Waals surface area contributed by atoms with Crippen molar-refractivity contribution in [2.24, 2.45) is 0 Å². The lowest BCUT2D eigenvalue weighted by molar-refractivity contribution is -0.130. The summed E-state index contributed by atoms with van der Waals surface area (Å²) in [6.07, 6.45) is 1.62. The Morgan fingerprint density at radius 2 is 2.50 bits per heavy atom. The molecule has 0 bridgehead atoms. The molecule has 1 atom stereocenters. The van der Waals surface area contributed by atoms with E-state index in [1.165, 1.54) is 0 Å². The molecule has 0 aromatic carbocycles. The minimum Gasteiger partial charge on any atom is -0.465 e. The Kier molecular flexibility index (Phi) is 2.07. The lowest BCUT2D eigenvalue weighted by Crippen LogP contribution is -2.46. The molecular formula is C10H14N2O2. The molecule has 1 aromatic heterocycles. The van der Waals surface area contributed by atoms with E-state index in [1.54, 1.807) is 11.2 Å². The molecule has 76 valence electrons. The van der Waals surface area contributed by atoms with Crippen LogP contribution in [0.3, 0.4) is 0 Å². The molecule has 1 aromatic rings. The Bertz CT molecular complexity index is 334. The maximum Gasteiger partial charge on any atom is 0.238 e. The van der Waals surface area contributed by atoms with E-state index in [2.05, 4.69) is 5.32 Å². The number of likely N-dealkylation sites (N-methyl/N-ethyl adjacent to an activating group) is 1. The van der Waals surface area contributed by atoms with Gasteiger partial charge in [0, 0.05) is 6.54 Å². The fourth-order valence-corrected chi connectivity index (χ4v) is 1.96. The first-order valence-corrected chi connectivity index (χ1v) is 4.78. The predicted molar refractivity (Wildman–Crippen MR) is 51.4 cm³/mol. The zero-order chi connectivity index (χ0) is 10.2. The first kappa shape index (κ1) is 9.27. The van der Waals surface area contributed by atoms with Gasteiger partial charge in [0.05, 0.1) is 12.8 Å². The molecule has 1 fully saturated rings. The summed E-state index contributed by atoms with van der Waals surface area (Å²) in [5.74, 6) is 0.900. The molecule has 1 saturated heterocycles. The molecule has 1 amide bonds. The Balaban J connectivity index is 2.36. The van der Waals surface area contributed by atoms with Crippen molar-refractivity contribution >= 4 is 5.91 Å². The molecule has 2 rings (SSSR count). The summed E-state index contributed by atoms with van der Waals surface area (Å²) in [7, 11) is 0. The molecule has 1 aliphatic rings. The standard InChI is InChI=1S/C10H14N2O2/c1-3-12-9(13)7-11-10(12,2)8-5-4-6-14-8/h4-6,11H,3,7H2,1-2H3. The van der Waals surface area contributed by atoms with E-state index in [0.29, 0.717) is 13.1 Å². The quantitative estimate of drug-likeness (QED) is 0.761. The number of carbonyl (C=O) groups excluding carboxylic acids is 1. The third-order valence-electron chi connectivity index (χ3n) is 2.74. The molecule has 0 spiro atoms. The average Bonchev–Trinajstić information content (AvgIpc) is 2.75. The highest BCUT2D eigenvalue weighted by molar-refractivity contribution is 5.81. The van der Waals surface area contributed by atoms with Crippen molar-refractivity contribution in [3.8, 4) is 0 Å². The zero-order valence-electron chi connectivity index (χ0n) is 8.41. The van der Waals surface area contributed by atoms with Crippen molar-refractivity contribution in [1.29, 1.82) is 0 Å². The van der Waals surface area contributed by atoms with Gasteiger partial charge in [0.25, 0.3) is 0 Å². The van der Waals surface area contributed by atoms with Crippen LogP contribution < -0.4 is 5.32 Å². The number of amides is 1. The molecule has 4 heteroatoms.